The summed E-state index contributed by atoms with van der Waals surface area (Å²) in [6.45, 7) is 8.69. The molecule has 0 bridgehead atoms. The molecule has 0 aromatic heterocycles. The van der Waals surface area contributed by atoms with Crippen LogP contribution in [0.15, 0.2) is 36.5 Å². The Morgan fingerprint density at radius 1 is 1.44 bits per heavy atom. The molecule has 0 amide bonds. The Balaban J connectivity index is 0. The van der Waals surface area contributed by atoms with Gasteiger partial charge in [-0.15, -0.1) is 6.58 Å². The van der Waals surface area contributed by atoms with E-state index in [1.165, 1.54) is 0 Å². The molecule has 0 aromatic rings. The summed E-state index contributed by atoms with van der Waals surface area (Å²) < 4.78 is 0. The average molecular weight is 226 g/mol. The first-order valence-corrected chi connectivity index (χ1v) is 5.27. The van der Waals surface area contributed by atoms with E-state index in [1.54, 1.807) is 26.0 Å². The third-order valence-electron chi connectivity index (χ3n) is 1.91. The number of aliphatic hydroxyl groups is 1. The maximum atomic E-state index is 9.86. The Morgan fingerprint density at radius 3 is 2.25 bits per heavy atom. The minimum absolute atomic E-state index is 0.332. The van der Waals surface area contributed by atoms with Gasteiger partial charge in [-0.1, -0.05) is 24.3 Å². The van der Waals surface area contributed by atoms with Gasteiger partial charge in [0.1, 0.15) is 0 Å². The summed E-state index contributed by atoms with van der Waals surface area (Å²) in [6, 6.07) is 0. The van der Waals surface area contributed by atoms with Gasteiger partial charge in [-0.3, -0.25) is 0 Å². The molecular formula is C13H22O3. The molecule has 3 nitrogen and oxygen atoms in total. The Bertz CT molecular complexity index is 252. The van der Waals surface area contributed by atoms with E-state index in [9.17, 15) is 4.79 Å². The first-order valence-electron chi connectivity index (χ1n) is 5.27. The number of hydrogen-bond acceptors (Lipinski definition) is 2. The van der Waals surface area contributed by atoms with Crippen LogP contribution in [0.1, 0.15) is 33.6 Å². The Kier molecular flexibility index (Phi) is 12.5. The largest absolute Gasteiger partial charge is 0.478 e. The summed E-state index contributed by atoms with van der Waals surface area (Å²) in [5.41, 5.74) is 0.389. The third kappa shape index (κ3) is 12.7. The van der Waals surface area contributed by atoms with Crippen LogP contribution in [0.4, 0.5) is 0 Å². The lowest BCUT2D eigenvalue weighted by Gasteiger charge is -1.99. The van der Waals surface area contributed by atoms with Gasteiger partial charge in [0, 0.05) is 5.57 Å². The Morgan fingerprint density at radius 2 is 2.00 bits per heavy atom. The highest BCUT2D eigenvalue weighted by molar-refractivity contribution is 5.85. The van der Waals surface area contributed by atoms with Gasteiger partial charge in [0.25, 0.3) is 0 Å². The predicted octanol–water partition coefficient (Wildman–Crippen LogP) is 2.93. The van der Waals surface area contributed by atoms with Crippen LogP contribution in [-0.4, -0.2) is 22.3 Å². The van der Waals surface area contributed by atoms with E-state index < -0.39 is 5.97 Å². The van der Waals surface area contributed by atoms with Crippen molar-refractivity contribution in [1.82, 2.24) is 0 Å². The fourth-order valence-corrected chi connectivity index (χ4v) is 0.675. The van der Waals surface area contributed by atoms with Crippen molar-refractivity contribution in [3.63, 3.8) is 0 Å². The Hall–Kier alpha value is -1.35. The van der Waals surface area contributed by atoms with E-state index in [0.29, 0.717) is 5.57 Å². The maximum Gasteiger partial charge on any atom is 0.330 e. The van der Waals surface area contributed by atoms with Gasteiger partial charge in [0.15, 0.2) is 0 Å². The van der Waals surface area contributed by atoms with Gasteiger partial charge in [-0.2, -0.15) is 0 Å². The molecule has 2 N–H and O–H groups in total. The van der Waals surface area contributed by atoms with Crippen molar-refractivity contribution < 1.29 is 15.0 Å². The number of aliphatic carboxylic acids is 1. The molecule has 0 fully saturated rings. The molecular weight excluding hydrogens is 204 g/mol. The number of carbonyl (C=O) groups is 1. The average Bonchev–Trinajstić information content (AvgIpc) is 2.28. The summed E-state index contributed by atoms with van der Waals surface area (Å²) >= 11 is 0. The van der Waals surface area contributed by atoms with E-state index in [4.69, 9.17) is 10.2 Å². The molecule has 3 heteroatoms. The van der Waals surface area contributed by atoms with Crippen molar-refractivity contribution in [2.75, 3.05) is 0 Å². The van der Waals surface area contributed by atoms with E-state index >= 15 is 0 Å². The number of carboxylic acid groups (broad SMARTS) is 1. The number of allylic oxidation sites excluding steroid dienone is 3. The van der Waals surface area contributed by atoms with Gasteiger partial charge in [-0.05, 0) is 33.6 Å². The van der Waals surface area contributed by atoms with Crippen molar-refractivity contribution in [2.24, 2.45) is 0 Å². The minimum atomic E-state index is -0.845. The molecule has 0 aliphatic carbocycles. The molecule has 0 radical (unpaired) electrons. The second-order valence-corrected chi connectivity index (χ2v) is 3.23. The maximum absolute atomic E-state index is 9.86. The SMILES string of the molecule is C=CC(O)CCC=CC.CC=C(C)C(=O)O. The molecule has 0 aromatic carbocycles. The molecule has 0 rings (SSSR count). The first kappa shape index (κ1) is 17.1. The number of hydrogen-bond donors (Lipinski definition) is 2. The van der Waals surface area contributed by atoms with E-state index in [-0.39, 0.29) is 6.10 Å². The zero-order chi connectivity index (χ0) is 13.0. The zero-order valence-electron chi connectivity index (χ0n) is 10.3. The highest BCUT2D eigenvalue weighted by atomic mass is 16.4. The molecule has 0 saturated carbocycles. The lowest BCUT2D eigenvalue weighted by Crippen LogP contribution is -1.98. The molecule has 0 heterocycles. The molecule has 0 saturated heterocycles. The Labute approximate surface area is 97.8 Å². The molecule has 16 heavy (non-hydrogen) atoms. The van der Waals surface area contributed by atoms with Crippen molar-refractivity contribution in [3.05, 3.63) is 36.5 Å². The van der Waals surface area contributed by atoms with Crippen LogP contribution in [0.2, 0.25) is 0 Å². The summed E-state index contributed by atoms with van der Waals surface area (Å²) in [4.78, 5) is 9.86. The quantitative estimate of drug-likeness (QED) is 0.559. The standard InChI is InChI=1S/C8H14O.C5H8O2/c1-3-5-6-7-8(9)4-2;1-3-4(2)5(6)7/h3-5,8-9H,2,6-7H2,1H3;3H,1-2H3,(H,6,7). The predicted molar refractivity (Wildman–Crippen MR) is 67.3 cm³/mol. The summed E-state index contributed by atoms with van der Waals surface area (Å²) in [5.74, 6) is -0.845. The van der Waals surface area contributed by atoms with Crippen LogP contribution in [-0.2, 0) is 4.79 Å². The molecule has 0 spiro atoms. The highest BCUT2D eigenvalue weighted by Crippen LogP contribution is 1.97. The molecule has 1 atom stereocenters. The number of aliphatic hydroxyl groups excluding tert-OH is 1. The lowest BCUT2D eigenvalue weighted by molar-refractivity contribution is -0.132. The van der Waals surface area contributed by atoms with Crippen LogP contribution in [0.25, 0.3) is 0 Å². The van der Waals surface area contributed by atoms with Crippen LogP contribution in [0, 0.1) is 0 Å². The number of rotatable bonds is 5. The van der Waals surface area contributed by atoms with Gasteiger partial charge in [-0.25, -0.2) is 4.79 Å². The third-order valence-corrected chi connectivity index (χ3v) is 1.91. The zero-order valence-corrected chi connectivity index (χ0v) is 10.3. The normalized spacial score (nSPS) is 12.9. The van der Waals surface area contributed by atoms with Crippen molar-refractivity contribution in [1.29, 1.82) is 0 Å². The molecule has 1 unspecified atom stereocenters. The highest BCUT2D eigenvalue weighted by Gasteiger charge is 1.93. The van der Waals surface area contributed by atoms with E-state index in [2.05, 4.69) is 6.58 Å². The van der Waals surface area contributed by atoms with Gasteiger partial charge in [0.2, 0.25) is 0 Å². The fraction of sp³-hybridized carbons (Fsp3) is 0.462. The van der Waals surface area contributed by atoms with Crippen molar-refractivity contribution in [3.8, 4) is 0 Å². The topological polar surface area (TPSA) is 57.5 Å². The minimum Gasteiger partial charge on any atom is -0.478 e. The number of carboxylic acids is 1. The van der Waals surface area contributed by atoms with Gasteiger partial charge >= 0.3 is 5.97 Å². The van der Waals surface area contributed by atoms with E-state index in [1.807, 2.05) is 19.1 Å². The monoisotopic (exact) mass is 226 g/mol. The van der Waals surface area contributed by atoms with Crippen LogP contribution in [0.5, 0.6) is 0 Å². The lowest BCUT2D eigenvalue weighted by atomic mass is 10.2. The summed E-state index contributed by atoms with van der Waals surface area (Å²) in [6.07, 6.45) is 8.52. The van der Waals surface area contributed by atoms with Gasteiger partial charge < -0.3 is 10.2 Å². The first-order chi connectivity index (χ1) is 7.49. The van der Waals surface area contributed by atoms with Crippen LogP contribution >= 0.6 is 0 Å². The fourth-order valence-electron chi connectivity index (χ4n) is 0.675. The molecule has 92 valence electrons. The van der Waals surface area contributed by atoms with Crippen molar-refractivity contribution >= 4 is 5.97 Å². The molecule has 0 aliphatic rings. The van der Waals surface area contributed by atoms with Crippen LogP contribution in [0.3, 0.4) is 0 Å². The smallest absolute Gasteiger partial charge is 0.330 e. The van der Waals surface area contributed by atoms with Gasteiger partial charge in [0.05, 0.1) is 6.10 Å². The molecule has 0 aliphatic heterocycles. The van der Waals surface area contributed by atoms with Crippen molar-refractivity contribution in [2.45, 2.75) is 39.7 Å². The summed E-state index contributed by atoms with van der Waals surface area (Å²) in [7, 11) is 0. The second-order valence-electron chi connectivity index (χ2n) is 3.23. The summed E-state index contributed by atoms with van der Waals surface area (Å²) in [5, 5.41) is 17.0. The van der Waals surface area contributed by atoms with E-state index in [0.717, 1.165) is 12.8 Å². The second kappa shape index (κ2) is 11.7. The van der Waals surface area contributed by atoms with Crippen LogP contribution < -0.4 is 0 Å².